The highest BCUT2D eigenvalue weighted by Crippen LogP contribution is 2.15. The molecule has 7 nitrogen and oxygen atoms in total. The van der Waals surface area contributed by atoms with Crippen molar-refractivity contribution in [1.29, 1.82) is 0 Å². The van der Waals surface area contributed by atoms with E-state index in [1.807, 2.05) is 24.3 Å². The first-order valence-electron chi connectivity index (χ1n) is 12.3. The minimum absolute atomic E-state index is 0.108. The van der Waals surface area contributed by atoms with Crippen molar-refractivity contribution in [3.8, 4) is 0 Å². The smallest absolute Gasteiger partial charge is 0.373 e. The van der Waals surface area contributed by atoms with Crippen molar-refractivity contribution in [2.45, 2.75) is 65.2 Å². The summed E-state index contributed by atoms with van der Waals surface area (Å²) in [4.78, 5) is 44.2. The molecule has 0 spiro atoms. The minimum atomic E-state index is -0.717. The molecule has 0 aromatic heterocycles. The Bertz CT molecular complexity index is 792. The molecule has 0 heterocycles. The van der Waals surface area contributed by atoms with Crippen LogP contribution < -0.4 is 0 Å². The van der Waals surface area contributed by atoms with Gasteiger partial charge in [0.1, 0.15) is 6.61 Å². The second-order valence-electron chi connectivity index (χ2n) is 8.14. The van der Waals surface area contributed by atoms with E-state index in [2.05, 4.69) is 20.8 Å². The summed E-state index contributed by atoms with van der Waals surface area (Å²) in [7, 11) is 0. The fourth-order valence-electron chi connectivity index (χ4n) is 3.26. The molecule has 0 aliphatic heterocycles. The van der Waals surface area contributed by atoms with E-state index >= 15 is 0 Å². The van der Waals surface area contributed by atoms with Gasteiger partial charge in [-0.2, -0.15) is 0 Å². The zero-order valence-corrected chi connectivity index (χ0v) is 20.8. The zero-order chi connectivity index (χ0) is 25.3. The Morgan fingerprint density at radius 2 is 1.09 bits per heavy atom. The standard InChI is InChI=1S/C28H36O7/c1-4-7-9-11-22-13-17-24(18-14-22)27(29)34-32-26(21-31-6-3)33-35-28(30)25-19-15-23(16-20-25)12-10-8-5-2/h13-20H,3-12,21H2,1-2H3. The number of hydrogen-bond acceptors (Lipinski definition) is 7. The first-order valence-corrected chi connectivity index (χ1v) is 12.3. The molecule has 0 unspecified atom stereocenters. The highest BCUT2D eigenvalue weighted by Gasteiger charge is 2.22. The Morgan fingerprint density at radius 1 is 0.657 bits per heavy atom. The average Bonchev–Trinajstić information content (AvgIpc) is 2.89. The second-order valence-corrected chi connectivity index (χ2v) is 8.14. The van der Waals surface area contributed by atoms with E-state index in [9.17, 15) is 9.59 Å². The highest BCUT2D eigenvalue weighted by molar-refractivity contribution is 5.89. The average molecular weight is 485 g/mol. The Labute approximate surface area is 208 Å². The number of carbonyl (C=O) groups is 2. The van der Waals surface area contributed by atoms with E-state index in [4.69, 9.17) is 24.3 Å². The van der Waals surface area contributed by atoms with Crippen LogP contribution in [0.25, 0.3) is 0 Å². The molecule has 0 saturated carbocycles. The molecular formula is C28H36O7. The summed E-state index contributed by atoms with van der Waals surface area (Å²) in [6.07, 6.45) is 8.42. The lowest BCUT2D eigenvalue weighted by atomic mass is 10.1. The SMILES string of the molecule is [CH2]COC[C](OOC(=O)c1ccc(CCCCC)cc1)OOC(=O)c1ccc(CCCCC)cc1. The number of unbranched alkanes of at least 4 members (excludes halogenated alkanes) is 4. The Balaban J connectivity index is 1.83. The summed E-state index contributed by atoms with van der Waals surface area (Å²) in [6, 6.07) is 14.2. The maximum Gasteiger partial charge on any atom is 0.373 e. The van der Waals surface area contributed by atoms with Crippen LogP contribution in [0.2, 0.25) is 0 Å². The lowest BCUT2D eigenvalue weighted by Crippen LogP contribution is -2.20. The van der Waals surface area contributed by atoms with E-state index in [0.717, 1.165) is 49.7 Å². The van der Waals surface area contributed by atoms with Crippen LogP contribution >= 0.6 is 0 Å². The van der Waals surface area contributed by atoms with Gasteiger partial charge in [-0.05, 0) is 68.0 Å². The number of aryl methyl sites for hydroxylation is 2. The molecule has 2 aromatic rings. The molecule has 0 bridgehead atoms. The molecule has 0 amide bonds. The number of rotatable bonds is 17. The number of ether oxygens (including phenoxy) is 1. The van der Waals surface area contributed by atoms with Crippen LogP contribution in [0.3, 0.4) is 0 Å². The summed E-state index contributed by atoms with van der Waals surface area (Å²) in [6.45, 7) is 7.73. The Hall–Kier alpha value is -2.74. The van der Waals surface area contributed by atoms with Crippen molar-refractivity contribution in [3.05, 3.63) is 84.0 Å². The predicted octanol–water partition coefficient (Wildman–Crippen LogP) is 6.37. The van der Waals surface area contributed by atoms with Gasteiger partial charge >= 0.3 is 18.2 Å². The van der Waals surface area contributed by atoms with Crippen molar-refractivity contribution in [1.82, 2.24) is 0 Å². The van der Waals surface area contributed by atoms with Crippen LogP contribution in [0.1, 0.15) is 84.2 Å². The number of benzene rings is 2. The largest absolute Gasteiger partial charge is 0.375 e. The lowest BCUT2D eigenvalue weighted by Gasteiger charge is -2.13. The van der Waals surface area contributed by atoms with Gasteiger partial charge in [0, 0.05) is 6.61 Å². The van der Waals surface area contributed by atoms with Crippen LogP contribution in [0.5, 0.6) is 0 Å². The van der Waals surface area contributed by atoms with Crippen molar-refractivity contribution >= 4 is 11.9 Å². The van der Waals surface area contributed by atoms with Crippen molar-refractivity contribution < 1.29 is 33.9 Å². The maximum atomic E-state index is 12.3. The molecule has 0 aliphatic carbocycles. The lowest BCUT2D eigenvalue weighted by molar-refractivity contribution is -0.368. The third kappa shape index (κ3) is 11.0. The van der Waals surface area contributed by atoms with E-state index in [1.54, 1.807) is 24.3 Å². The quantitative estimate of drug-likeness (QED) is 0.147. The van der Waals surface area contributed by atoms with Gasteiger partial charge in [0.25, 0.3) is 0 Å². The molecule has 2 radical (unpaired) electrons. The fourth-order valence-corrected chi connectivity index (χ4v) is 3.26. The summed E-state index contributed by atoms with van der Waals surface area (Å²) in [5.41, 5.74) is 2.93. The molecule has 0 N–H and O–H groups in total. The molecule has 7 heteroatoms. The highest BCUT2D eigenvalue weighted by atomic mass is 17.3. The van der Waals surface area contributed by atoms with Crippen LogP contribution in [-0.2, 0) is 37.1 Å². The topological polar surface area (TPSA) is 80.3 Å². The predicted molar refractivity (Wildman–Crippen MR) is 132 cm³/mol. The summed E-state index contributed by atoms with van der Waals surface area (Å²) < 4.78 is 5.12. The van der Waals surface area contributed by atoms with Gasteiger partial charge in [-0.15, -0.1) is 9.78 Å². The molecule has 2 rings (SSSR count). The molecule has 0 aliphatic rings. The summed E-state index contributed by atoms with van der Waals surface area (Å²) in [5, 5.41) is 0. The zero-order valence-electron chi connectivity index (χ0n) is 20.8. The van der Waals surface area contributed by atoms with Crippen molar-refractivity contribution in [3.63, 3.8) is 0 Å². The summed E-state index contributed by atoms with van der Waals surface area (Å²) >= 11 is 0. The first-order chi connectivity index (χ1) is 17.1. The normalized spacial score (nSPS) is 11.0. The monoisotopic (exact) mass is 484 g/mol. The third-order valence-electron chi connectivity index (χ3n) is 5.30. The van der Waals surface area contributed by atoms with Gasteiger partial charge in [0.15, 0.2) is 0 Å². The van der Waals surface area contributed by atoms with E-state index in [1.165, 1.54) is 12.8 Å². The molecule has 35 heavy (non-hydrogen) atoms. The van der Waals surface area contributed by atoms with Crippen LogP contribution in [0, 0.1) is 13.2 Å². The van der Waals surface area contributed by atoms with Gasteiger partial charge in [-0.3, -0.25) is 9.78 Å². The molecule has 0 saturated heterocycles. The first kappa shape index (κ1) is 28.5. The Morgan fingerprint density at radius 3 is 1.46 bits per heavy atom. The fraction of sp³-hybridized carbons (Fsp3) is 0.429. The van der Waals surface area contributed by atoms with E-state index < -0.39 is 11.9 Å². The number of hydrogen-bond donors (Lipinski definition) is 0. The second kappa shape index (κ2) is 16.8. The van der Waals surface area contributed by atoms with Crippen molar-refractivity contribution in [2.24, 2.45) is 0 Å². The van der Waals surface area contributed by atoms with Gasteiger partial charge in [-0.25, -0.2) is 9.59 Å². The van der Waals surface area contributed by atoms with Crippen LogP contribution in [-0.4, -0.2) is 25.2 Å². The third-order valence-corrected chi connectivity index (χ3v) is 5.30. The molecule has 0 fully saturated rings. The number of carbonyl (C=O) groups excluding carboxylic acids is 2. The van der Waals surface area contributed by atoms with E-state index in [-0.39, 0.29) is 19.5 Å². The van der Waals surface area contributed by atoms with Gasteiger partial charge in [-0.1, -0.05) is 63.8 Å². The molecule has 190 valence electrons. The Kier molecular flexibility index (Phi) is 13.7. The maximum absolute atomic E-state index is 12.3. The van der Waals surface area contributed by atoms with Gasteiger partial charge in [0.2, 0.25) is 0 Å². The molecular weight excluding hydrogens is 448 g/mol. The minimum Gasteiger partial charge on any atom is -0.375 e. The van der Waals surface area contributed by atoms with Gasteiger partial charge < -0.3 is 4.74 Å². The van der Waals surface area contributed by atoms with Crippen LogP contribution in [0.4, 0.5) is 0 Å². The van der Waals surface area contributed by atoms with Gasteiger partial charge in [0.05, 0.1) is 11.1 Å². The summed E-state index contributed by atoms with van der Waals surface area (Å²) in [5.74, 6) is -1.43. The molecule has 0 atom stereocenters. The van der Waals surface area contributed by atoms with E-state index in [0.29, 0.717) is 11.1 Å². The van der Waals surface area contributed by atoms with Crippen LogP contribution in [0.15, 0.2) is 48.5 Å². The molecule has 2 aromatic carbocycles. The van der Waals surface area contributed by atoms with Crippen molar-refractivity contribution in [2.75, 3.05) is 13.2 Å².